The molecular weight excluding hydrogens is 192 g/mol. The maximum Gasteiger partial charge on any atom is 0.259 e. The molecular formula is C11H14N2O2. The Balaban J connectivity index is 2.52. The molecule has 2 N–H and O–H groups in total. The zero-order valence-corrected chi connectivity index (χ0v) is 8.72. The van der Waals surface area contributed by atoms with Gasteiger partial charge in [0.05, 0.1) is 5.56 Å². The molecule has 4 nitrogen and oxygen atoms in total. The van der Waals surface area contributed by atoms with Gasteiger partial charge in [0.15, 0.2) is 5.78 Å². The lowest BCUT2D eigenvalue weighted by Gasteiger charge is -2.05. The molecule has 0 radical (unpaired) electrons. The summed E-state index contributed by atoms with van der Waals surface area (Å²) in [4.78, 5) is 25.6. The number of aromatic nitrogens is 1. The zero-order valence-electron chi connectivity index (χ0n) is 8.72. The van der Waals surface area contributed by atoms with Crippen LogP contribution in [0.1, 0.15) is 28.5 Å². The summed E-state index contributed by atoms with van der Waals surface area (Å²) in [6.45, 7) is 3.20. The number of nitrogens with one attached hydrogen (secondary N) is 2. The van der Waals surface area contributed by atoms with Crippen molar-refractivity contribution in [2.75, 3.05) is 13.1 Å². The summed E-state index contributed by atoms with van der Waals surface area (Å²) in [7, 11) is 0. The highest BCUT2D eigenvalue weighted by Crippen LogP contribution is 2.10. The van der Waals surface area contributed by atoms with Crippen molar-refractivity contribution in [3.8, 4) is 0 Å². The van der Waals surface area contributed by atoms with E-state index in [0.29, 0.717) is 0 Å². The van der Waals surface area contributed by atoms with Crippen molar-refractivity contribution < 1.29 is 4.79 Å². The van der Waals surface area contributed by atoms with E-state index in [1.54, 1.807) is 6.07 Å². The van der Waals surface area contributed by atoms with Crippen molar-refractivity contribution >= 4 is 5.78 Å². The molecule has 1 aliphatic heterocycles. The van der Waals surface area contributed by atoms with Crippen LogP contribution in [0.4, 0.5) is 0 Å². The molecule has 0 atom stereocenters. The summed E-state index contributed by atoms with van der Waals surface area (Å²) in [6, 6.07) is 1.74. The molecule has 0 aromatic carbocycles. The Morgan fingerprint density at radius 1 is 1.33 bits per heavy atom. The number of carbonyl (C=O) groups is 1. The van der Waals surface area contributed by atoms with Crippen LogP contribution in [-0.4, -0.2) is 23.9 Å². The predicted molar refractivity (Wildman–Crippen MR) is 57.3 cm³/mol. The number of carbonyl (C=O) groups excluding carboxylic acids is 1. The van der Waals surface area contributed by atoms with Gasteiger partial charge in [0.2, 0.25) is 0 Å². The Morgan fingerprint density at radius 3 is 2.80 bits per heavy atom. The third-order valence-electron chi connectivity index (χ3n) is 2.72. The van der Waals surface area contributed by atoms with Crippen LogP contribution in [0.2, 0.25) is 0 Å². The SMILES string of the molecule is CC(=O)c1cc2c([nH]c1=O)CCNCC2. The lowest BCUT2D eigenvalue weighted by Crippen LogP contribution is -2.19. The minimum atomic E-state index is -0.261. The second-order valence-electron chi connectivity index (χ2n) is 3.82. The van der Waals surface area contributed by atoms with Crippen LogP contribution in [0, 0.1) is 0 Å². The first-order valence-electron chi connectivity index (χ1n) is 5.15. The minimum Gasteiger partial charge on any atom is -0.325 e. The average Bonchev–Trinajstić information content (AvgIpc) is 2.40. The Hall–Kier alpha value is -1.42. The van der Waals surface area contributed by atoms with Gasteiger partial charge in [-0.15, -0.1) is 0 Å². The molecule has 1 aliphatic rings. The molecule has 0 saturated carbocycles. The Morgan fingerprint density at radius 2 is 2.07 bits per heavy atom. The van der Waals surface area contributed by atoms with Gasteiger partial charge in [-0.2, -0.15) is 0 Å². The van der Waals surface area contributed by atoms with Crippen molar-refractivity contribution in [3.05, 3.63) is 33.2 Å². The fraction of sp³-hybridized carbons (Fsp3) is 0.455. The van der Waals surface area contributed by atoms with Gasteiger partial charge in [-0.05, 0) is 31.5 Å². The molecule has 2 rings (SSSR count). The highest BCUT2D eigenvalue weighted by molar-refractivity contribution is 5.93. The summed E-state index contributed by atoms with van der Waals surface area (Å²) in [5.74, 6) is -0.170. The van der Waals surface area contributed by atoms with Crippen molar-refractivity contribution in [1.29, 1.82) is 0 Å². The molecule has 4 heteroatoms. The fourth-order valence-electron chi connectivity index (χ4n) is 1.88. The standard InChI is InChI=1S/C11H14N2O2/c1-7(14)9-6-8-2-4-12-5-3-10(8)13-11(9)15/h6,12H,2-5H2,1H3,(H,13,15). The second-order valence-corrected chi connectivity index (χ2v) is 3.82. The van der Waals surface area contributed by atoms with Gasteiger partial charge in [-0.1, -0.05) is 0 Å². The van der Waals surface area contributed by atoms with E-state index in [0.717, 1.165) is 37.2 Å². The van der Waals surface area contributed by atoms with Crippen molar-refractivity contribution in [2.45, 2.75) is 19.8 Å². The average molecular weight is 206 g/mol. The fourth-order valence-corrected chi connectivity index (χ4v) is 1.88. The van der Waals surface area contributed by atoms with E-state index in [4.69, 9.17) is 0 Å². The number of fused-ring (bicyclic) bond motifs is 1. The van der Waals surface area contributed by atoms with Crippen LogP contribution in [0.25, 0.3) is 0 Å². The van der Waals surface area contributed by atoms with Crippen LogP contribution >= 0.6 is 0 Å². The van der Waals surface area contributed by atoms with Crippen molar-refractivity contribution in [3.63, 3.8) is 0 Å². The van der Waals surface area contributed by atoms with E-state index in [1.165, 1.54) is 6.92 Å². The maximum absolute atomic E-state index is 11.5. The van der Waals surface area contributed by atoms with E-state index >= 15 is 0 Å². The van der Waals surface area contributed by atoms with E-state index in [2.05, 4.69) is 10.3 Å². The van der Waals surface area contributed by atoms with Crippen molar-refractivity contribution in [2.24, 2.45) is 0 Å². The number of Topliss-reactive ketones (excluding diaryl/α,β-unsaturated/α-hetero) is 1. The molecule has 0 amide bonds. The Kier molecular flexibility index (Phi) is 2.68. The molecule has 1 aromatic rings. The molecule has 2 heterocycles. The van der Waals surface area contributed by atoms with Crippen LogP contribution < -0.4 is 10.9 Å². The summed E-state index contributed by atoms with van der Waals surface area (Å²) in [6.07, 6.45) is 1.69. The first kappa shape index (κ1) is 10.1. The number of aromatic amines is 1. The van der Waals surface area contributed by atoms with Crippen LogP contribution in [0.5, 0.6) is 0 Å². The normalized spacial score (nSPS) is 15.5. The highest BCUT2D eigenvalue weighted by Gasteiger charge is 2.13. The van der Waals surface area contributed by atoms with Gasteiger partial charge in [-0.3, -0.25) is 9.59 Å². The monoisotopic (exact) mass is 206 g/mol. The molecule has 15 heavy (non-hydrogen) atoms. The molecule has 80 valence electrons. The minimum absolute atomic E-state index is 0.170. The lowest BCUT2D eigenvalue weighted by molar-refractivity contribution is 0.101. The van der Waals surface area contributed by atoms with E-state index in [1.807, 2.05) is 0 Å². The molecule has 0 bridgehead atoms. The molecule has 0 aliphatic carbocycles. The first-order chi connectivity index (χ1) is 7.18. The summed E-state index contributed by atoms with van der Waals surface area (Å²) in [5, 5.41) is 3.26. The zero-order chi connectivity index (χ0) is 10.8. The quantitative estimate of drug-likeness (QED) is 0.648. The molecule has 0 unspecified atom stereocenters. The number of H-pyrrole nitrogens is 1. The Labute approximate surface area is 87.7 Å². The number of ketones is 1. The smallest absolute Gasteiger partial charge is 0.259 e. The molecule has 0 fully saturated rings. The second kappa shape index (κ2) is 3.98. The van der Waals surface area contributed by atoms with Gasteiger partial charge in [0.25, 0.3) is 5.56 Å². The lowest BCUT2D eigenvalue weighted by atomic mass is 10.0. The largest absolute Gasteiger partial charge is 0.325 e. The van der Waals surface area contributed by atoms with Gasteiger partial charge >= 0.3 is 0 Å². The van der Waals surface area contributed by atoms with Crippen LogP contribution in [0.15, 0.2) is 10.9 Å². The number of rotatable bonds is 1. The van der Waals surface area contributed by atoms with Gasteiger partial charge in [0, 0.05) is 18.7 Å². The third kappa shape index (κ3) is 1.99. The van der Waals surface area contributed by atoms with Gasteiger partial charge in [-0.25, -0.2) is 0 Å². The van der Waals surface area contributed by atoms with Gasteiger partial charge in [0.1, 0.15) is 0 Å². The van der Waals surface area contributed by atoms with E-state index in [9.17, 15) is 9.59 Å². The highest BCUT2D eigenvalue weighted by atomic mass is 16.1. The first-order valence-corrected chi connectivity index (χ1v) is 5.15. The molecule has 1 aromatic heterocycles. The third-order valence-corrected chi connectivity index (χ3v) is 2.72. The summed E-state index contributed by atoms with van der Waals surface area (Å²) >= 11 is 0. The molecule has 0 spiro atoms. The van der Waals surface area contributed by atoms with Crippen LogP contribution in [-0.2, 0) is 12.8 Å². The summed E-state index contributed by atoms with van der Waals surface area (Å²) in [5.41, 5.74) is 2.07. The van der Waals surface area contributed by atoms with Crippen LogP contribution in [0.3, 0.4) is 0 Å². The number of pyridine rings is 1. The topological polar surface area (TPSA) is 62.0 Å². The number of hydrogen-bond donors (Lipinski definition) is 2. The predicted octanol–water partition coefficient (Wildman–Crippen LogP) is 0.266. The maximum atomic E-state index is 11.5. The Bertz CT molecular complexity index is 448. The van der Waals surface area contributed by atoms with E-state index < -0.39 is 0 Å². The summed E-state index contributed by atoms with van der Waals surface area (Å²) < 4.78 is 0. The number of hydrogen-bond acceptors (Lipinski definition) is 3. The van der Waals surface area contributed by atoms with E-state index in [-0.39, 0.29) is 16.9 Å². The van der Waals surface area contributed by atoms with Crippen molar-refractivity contribution in [1.82, 2.24) is 10.3 Å². The molecule has 0 saturated heterocycles. The van der Waals surface area contributed by atoms with Gasteiger partial charge < -0.3 is 10.3 Å².